The van der Waals surface area contributed by atoms with Gasteiger partial charge in [0.05, 0.1) is 14.2 Å². The first-order chi connectivity index (χ1) is 11.0. The van der Waals surface area contributed by atoms with Crippen molar-refractivity contribution in [1.82, 2.24) is 10.2 Å². The number of thioether (sulfide) groups is 1. The molecule has 0 radical (unpaired) electrons. The van der Waals surface area contributed by atoms with Gasteiger partial charge in [-0.15, -0.1) is 0 Å². The molecule has 23 heavy (non-hydrogen) atoms. The fraction of sp³-hybridized carbons (Fsp3) is 0.588. The number of benzene rings is 1. The van der Waals surface area contributed by atoms with Crippen LogP contribution in [0, 0.1) is 6.92 Å². The molecule has 128 valence electrons. The van der Waals surface area contributed by atoms with Crippen LogP contribution in [0.1, 0.15) is 17.5 Å². The number of carbonyl (C=O) groups is 1. The maximum Gasteiger partial charge on any atom is 0.224 e. The molecule has 1 amide bonds. The van der Waals surface area contributed by atoms with Crippen LogP contribution in [0.5, 0.6) is 11.5 Å². The molecule has 1 aliphatic heterocycles. The normalized spacial score (nSPS) is 17.7. The number of hydrogen-bond donors (Lipinski definition) is 1. The molecule has 1 saturated heterocycles. The minimum atomic E-state index is 0.166. The molecule has 0 bridgehead atoms. The minimum Gasteiger partial charge on any atom is -0.493 e. The van der Waals surface area contributed by atoms with E-state index in [1.54, 1.807) is 19.1 Å². The highest BCUT2D eigenvalue weighted by Crippen LogP contribution is 2.30. The number of nitrogens with zero attached hydrogens (tertiary/aromatic N) is 1. The van der Waals surface area contributed by atoms with E-state index in [1.807, 2.05) is 37.9 Å². The third-order valence-corrected chi connectivity index (χ3v) is 5.23. The van der Waals surface area contributed by atoms with Crippen LogP contribution in [0.15, 0.2) is 12.1 Å². The molecule has 1 atom stereocenters. The molecule has 2 rings (SSSR count). The first-order valence-corrected chi connectivity index (χ1v) is 8.97. The molecule has 1 fully saturated rings. The third-order valence-electron chi connectivity index (χ3n) is 4.09. The van der Waals surface area contributed by atoms with Crippen LogP contribution in [-0.4, -0.2) is 56.2 Å². The summed E-state index contributed by atoms with van der Waals surface area (Å²) in [7, 11) is 5.11. The van der Waals surface area contributed by atoms with Crippen LogP contribution >= 0.6 is 11.8 Å². The van der Waals surface area contributed by atoms with Gasteiger partial charge in [-0.1, -0.05) is 0 Å². The first-order valence-electron chi connectivity index (χ1n) is 7.81. The summed E-state index contributed by atoms with van der Waals surface area (Å²) in [6, 6.07) is 4.19. The van der Waals surface area contributed by atoms with E-state index in [9.17, 15) is 4.79 Å². The molecule has 1 heterocycles. The summed E-state index contributed by atoms with van der Waals surface area (Å²) in [5.74, 6) is 3.71. The number of aryl methyl sites for hydroxylation is 1. The lowest BCUT2D eigenvalue weighted by molar-refractivity contribution is -0.130. The Morgan fingerprint density at radius 2 is 2.04 bits per heavy atom. The zero-order chi connectivity index (χ0) is 16.8. The van der Waals surface area contributed by atoms with Gasteiger partial charge in [-0.25, -0.2) is 0 Å². The molecule has 0 aromatic heterocycles. The Morgan fingerprint density at radius 3 is 2.65 bits per heavy atom. The zero-order valence-electron chi connectivity index (χ0n) is 14.3. The molecule has 0 saturated carbocycles. The molecule has 6 heteroatoms. The summed E-state index contributed by atoms with van der Waals surface area (Å²) >= 11 is 1.91. The van der Waals surface area contributed by atoms with Gasteiger partial charge in [0.15, 0.2) is 11.5 Å². The van der Waals surface area contributed by atoms with Crippen LogP contribution in [-0.2, 0) is 11.3 Å². The number of ether oxygens (including phenoxy) is 2. The quantitative estimate of drug-likeness (QED) is 0.860. The summed E-state index contributed by atoms with van der Waals surface area (Å²) in [5.41, 5.74) is 2.16. The topological polar surface area (TPSA) is 50.8 Å². The van der Waals surface area contributed by atoms with E-state index in [2.05, 4.69) is 5.32 Å². The van der Waals surface area contributed by atoms with Crippen molar-refractivity contribution in [2.45, 2.75) is 25.9 Å². The van der Waals surface area contributed by atoms with E-state index in [0.29, 0.717) is 24.5 Å². The Kier molecular flexibility index (Phi) is 6.59. The van der Waals surface area contributed by atoms with Gasteiger partial charge in [-0.3, -0.25) is 4.79 Å². The van der Waals surface area contributed by atoms with Crippen molar-refractivity contribution in [2.75, 3.05) is 39.3 Å². The lowest BCUT2D eigenvalue weighted by Crippen LogP contribution is -2.41. The number of nitrogens with one attached hydrogen (secondary N) is 1. The van der Waals surface area contributed by atoms with Gasteiger partial charge in [-0.05, 0) is 30.2 Å². The van der Waals surface area contributed by atoms with E-state index < -0.39 is 0 Å². The van der Waals surface area contributed by atoms with Gasteiger partial charge in [0.1, 0.15) is 0 Å². The number of hydrogen-bond acceptors (Lipinski definition) is 5. The molecule has 1 N–H and O–H groups in total. The maximum absolute atomic E-state index is 12.4. The van der Waals surface area contributed by atoms with Crippen molar-refractivity contribution >= 4 is 17.7 Å². The van der Waals surface area contributed by atoms with Gasteiger partial charge in [-0.2, -0.15) is 11.8 Å². The smallest absolute Gasteiger partial charge is 0.224 e. The van der Waals surface area contributed by atoms with Crippen molar-refractivity contribution in [3.63, 3.8) is 0 Å². The van der Waals surface area contributed by atoms with Crippen molar-refractivity contribution < 1.29 is 14.3 Å². The van der Waals surface area contributed by atoms with Crippen molar-refractivity contribution in [3.8, 4) is 11.5 Å². The standard InChI is InChI=1S/C17H26N2O3S/c1-12-7-15(21-3)16(22-4)8-13(12)10-19(2)17(20)9-14-11-23-6-5-18-14/h7-8,14,18H,5-6,9-11H2,1-4H3. The summed E-state index contributed by atoms with van der Waals surface area (Å²) < 4.78 is 10.7. The van der Waals surface area contributed by atoms with Crippen LogP contribution in [0.25, 0.3) is 0 Å². The molecule has 5 nitrogen and oxygen atoms in total. The van der Waals surface area contributed by atoms with Crippen molar-refractivity contribution in [3.05, 3.63) is 23.3 Å². The maximum atomic E-state index is 12.4. The minimum absolute atomic E-state index is 0.166. The third kappa shape index (κ3) is 4.78. The molecular formula is C17H26N2O3S. The highest BCUT2D eigenvalue weighted by Gasteiger charge is 2.20. The van der Waals surface area contributed by atoms with Crippen molar-refractivity contribution in [1.29, 1.82) is 0 Å². The molecule has 1 unspecified atom stereocenters. The Labute approximate surface area is 142 Å². The second-order valence-electron chi connectivity index (χ2n) is 5.81. The van der Waals surface area contributed by atoms with Gasteiger partial charge in [0, 0.05) is 44.1 Å². The Bertz CT molecular complexity index is 545. The number of carbonyl (C=O) groups excluding carboxylic acids is 1. The summed E-state index contributed by atoms with van der Waals surface area (Å²) in [6.07, 6.45) is 0.551. The average Bonchev–Trinajstić information content (AvgIpc) is 2.57. The largest absolute Gasteiger partial charge is 0.493 e. The number of rotatable bonds is 6. The number of methoxy groups -OCH3 is 2. The lowest BCUT2D eigenvalue weighted by Gasteiger charge is -2.26. The predicted molar refractivity (Wildman–Crippen MR) is 94.5 cm³/mol. The monoisotopic (exact) mass is 338 g/mol. The molecule has 0 aliphatic carbocycles. The van der Waals surface area contributed by atoms with E-state index in [0.717, 1.165) is 29.2 Å². The van der Waals surface area contributed by atoms with E-state index in [4.69, 9.17) is 9.47 Å². The average molecular weight is 338 g/mol. The van der Waals surface area contributed by atoms with Crippen molar-refractivity contribution in [2.24, 2.45) is 0 Å². The molecule has 1 aromatic carbocycles. The second-order valence-corrected chi connectivity index (χ2v) is 6.96. The summed E-state index contributed by atoms with van der Waals surface area (Å²) in [6.45, 7) is 3.58. The Morgan fingerprint density at radius 1 is 1.35 bits per heavy atom. The highest BCUT2D eigenvalue weighted by atomic mass is 32.2. The summed E-state index contributed by atoms with van der Waals surface area (Å²) in [4.78, 5) is 14.2. The molecule has 0 spiro atoms. The predicted octanol–water partition coefficient (Wildman–Crippen LogP) is 2.07. The zero-order valence-corrected chi connectivity index (χ0v) is 15.2. The van der Waals surface area contributed by atoms with E-state index in [1.165, 1.54) is 0 Å². The fourth-order valence-corrected chi connectivity index (χ4v) is 3.60. The van der Waals surface area contributed by atoms with Gasteiger partial charge < -0.3 is 19.7 Å². The van der Waals surface area contributed by atoms with Gasteiger partial charge >= 0.3 is 0 Å². The van der Waals surface area contributed by atoms with E-state index >= 15 is 0 Å². The van der Waals surface area contributed by atoms with Crippen LogP contribution in [0.3, 0.4) is 0 Å². The SMILES string of the molecule is COc1cc(C)c(CN(C)C(=O)CC2CSCCN2)cc1OC. The summed E-state index contributed by atoms with van der Waals surface area (Å²) in [5, 5.41) is 3.41. The van der Waals surface area contributed by atoms with Crippen LogP contribution in [0.2, 0.25) is 0 Å². The first kappa shape index (κ1) is 17.9. The second kappa shape index (κ2) is 8.45. The van der Waals surface area contributed by atoms with E-state index in [-0.39, 0.29) is 11.9 Å². The molecule has 1 aromatic rings. The molecule has 1 aliphatic rings. The fourth-order valence-electron chi connectivity index (χ4n) is 2.65. The van der Waals surface area contributed by atoms with Gasteiger partial charge in [0.25, 0.3) is 0 Å². The number of amides is 1. The van der Waals surface area contributed by atoms with Crippen LogP contribution < -0.4 is 14.8 Å². The Hall–Kier alpha value is -1.40. The Balaban J connectivity index is 2.01. The lowest BCUT2D eigenvalue weighted by atomic mass is 10.1. The highest BCUT2D eigenvalue weighted by molar-refractivity contribution is 7.99. The molecular weight excluding hydrogens is 312 g/mol. The van der Waals surface area contributed by atoms with Gasteiger partial charge in [0.2, 0.25) is 5.91 Å². The van der Waals surface area contributed by atoms with Crippen LogP contribution in [0.4, 0.5) is 0 Å².